The summed E-state index contributed by atoms with van der Waals surface area (Å²) in [6.07, 6.45) is 1.57. The highest BCUT2D eigenvalue weighted by Crippen LogP contribution is 2.39. The van der Waals surface area contributed by atoms with Crippen LogP contribution in [0.3, 0.4) is 0 Å². The molecule has 0 atom stereocenters. The number of halogens is 2. The summed E-state index contributed by atoms with van der Waals surface area (Å²) in [6.45, 7) is 1.98. The number of carbonyl (C=O) groups excluding carboxylic acids is 2. The van der Waals surface area contributed by atoms with Crippen molar-refractivity contribution in [2.45, 2.75) is 18.4 Å². The number of aryl methyl sites for hydroxylation is 1. The van der Waals surface area contributed by atoms with E-state index in [2.05, 4.69) is 0 Å². The van der Waals surface area contributed by atoms with Crippen molar-refractivity contribution in [1.82, 2.24) is 4.90 Å². The van der Waals surface area contributed by atoms with Crippen LogP contribution in [0.5, 0.6) is 11.5 Å². The van der Waals surface area contributed by atoms with E-state index in [9.17, 15) is 18.0 Å². The summed E-state index contributed by atoms with van der Waals surface area (Å²) >= 11 is 8.68. The number of thioether (sulfide) groups is 1. The predicted octanol–water partition coefficient (Wildman–Crippen LogP) is 6.27. The van der Waals surface area contributed by atoms with E-state index < -0.39 is 16.0 Å². The monoisotopic (exact) mass is 655 g/mol. The smallest absolute Gasteiger partial charge is 0.339 e. The Morgan fingerprint density at radius 2 is 1.72 bits per heavy atom. The number of methoxy groups -OCH3 is 1. The molecule has 2 amide bonds. The maximum absolute atomic E-state index is 12.9. The van der Waals surface area contributed by atoms with Crippen molar-refractivity contribution < 1.29 is 26.9 Å². The Kier molecular flexibility index (Phi) is 7.98. The largest absolute Gasteiger partial charge is 0.493 e. The second-order valence-electron chi connectivity index (χ2n) is 7.78. The minimum absolute atomic E-state index is 0.0180. The average molecular weight is 656 g/mol. The maximum atomic E-state index is 12.9. The van der Waals surface area contributed by atoms with Crippen LogP contribution in [0.25, 0.3) is 6.08 Å². The highest BCUT2D eigenvalue weighted by atomic mass is 127. The fourth-order valence-electron chi connectivity index (χ4n) is 3.33. The van der Waals surface area contributed by atoms with Crippen LogP contribution in [0.2, 0.25) is 5.02 Å². The van der Waals surface area contributed by atoms with Gasteiger partial charge in [-0.2, -0.15) is 8.42 Å². The highest BCUT2D eigenvalue weighted by molar-refractivity contribution is 14.1. The van der Waals surface area contributed by atoms with Crippen molar-refractivity contribution in [3.63, 3.8) is 0 Å². The van der Waals surface area contributed by atoms with E-state index in [1.54, 1.807) is 54.6 Å². The van der Waals surface area contributed by atoms with Crippen LogP contribution in [0.15, 0.2) is 70.5 Å². The van der Waals surface area contributed by atoms with Crippen molar-refractivity contribution in [2.75, 3.05) is 7.11 Å². The van der Waals surface area contributed by atoms with Crippen molar-refractivity contribution >= 4 is 73.3 Å². The van der Waals surface area contributed by atoms with Gasteiger partial charge in [0.15, 0.2) is 11.5 Å². The maximum Gasteiger partial charge on any atom is 0.339 e. The average Bonchev–Trinajstić information content (AvgIpc) is 3.09. The minimum Gasteiger partial charge on any atom is -0.493 e. The molecule has 0 N–H and O–H groups in total. The quantitative estimate of drug-likeness (QED) is 0.169. The van der Waals surface area contributed by atoms with E-state index in [0.29, 0.717) is 14.2 Å². The first kappa shape index (κ1) is 26.5. The van der Waals surface area contributed by atoms with Gasteiger partial charge in [0, 0.05) is 5.02 Å². The molecule has 0 spiro atoms. The van der Waals surface area contributed by atoms with Gasteiger partial charge >= 0.3 is 10.1 Å². The summed E-state index contributed by atoms with van der Waals surface area (Å²) in [7, 11) is -2.70. The van der Waals surface area contributed by atoms with Crippen molar-refractivity contribution in [2.24, 2.45) is 0 Å². The molecule has 7 nitrogen and oxygen atoms in total. The number of hydrogen-bond donors (Lipinski definition) is 0. The second-order valence-corrected chi connectivity index (χ2v) is 11.9. The Labute approximate surface area is 231 Å². The van der Waals surface area contributed by atoms with E-state index in [-0.39, 0.29) is 33.1 Å². The fraction of sp³-hybridized carbons (Fsp3) is 0.120. The molecule has 0 aromatic heterocycles. The minimum atomic E-state index is -4.09. The van der Waals surface area contributed by atoms with Crippen LogP contribution < -0.4 is 8.92 Å². The third-order valence-electron chi connectivity index (χ3n) is 5.18. The molecule has 1 saturated heterocycles. The molecule has 0 aliphatic carbocycles. The summed E-state index contributed by atoms with van der Waals surface area (Å²) < 4.78 is 36.8. The van der Waals surface area contributed by atoms with Crippen LogP contribution in [0.4, 0.5) is 4.79 Å². The number of imide groups is 1. The lowest BCUT2D eigenvalue weighted by atomic mass is 10.1. The lowest BCUT2D eigenvalue weighted by Crippen LogP contribution is -2.27. The molecule has 1 aliphatic rings. The van der Waals surface area contributed by atoms with Crippen molar-refractivity contribution in [3.05, 3.63) is 90.9 Å². The van der Waals surface area contributed by atoms with Gasteiger partial charge in [-0.25, -0.2) is 0 Å². The molecule has 0 bridgehead atoms. The highest BCUT2D eigenvalue weighted by Gasteiger charge is 2.35. The van der Waals surface area contributed by atoms with Crippen molar-refractivity contribution in [1.29, 1.82) is 0 Å². The molecule has 0 radical (unpaired) electrons. The topological polar surface area (TPSA) is 90.0 Å². The first-order chi connectivity index (χ1) is 17.1. The zero-order valence-electron chi connectivity index (χ0n) is 19.0. The van der Waals surface area contributed by atoms with Gasteiger partial charge in [-0.15, -0.1) is 0 Å². The number of rotatable bonds is 7. The standard InChI is InChI=1S/C25H19ClINO6S2/c1-15-3-9-19(10-4-15)36(31,32)34-23-20(27)11-17(12-21(23)33-2)13-22-24(29)28(25(30)35-22)14-16-5-7-18(26)8-6-16/h3-13H,14H2,1-2H3/b22-13-. The van der Waals surface area contributed by atoms with Crippen LogP contribution in [0, 0.1) is 10.5 Å². The van der Waals surface area contributed by atoms with Gasteiger partial charge in [0.05, 0.1) is 22.1 Å². The van der Waals surface area contributed by atoms with E-state index in [1.165, 1.54) is 19.2 Å². The molecule has 186 valence electrons. The Morgan fingerprint density at radius 3 is 2.36 bits per heavy atom. The second kappa shape index (κ2) is 10.8. The summed E-state index contributed by atoms with van der Waals surface area (Å²) in [5.74, 6) is -0.216. The Morgan fingerprint density at radius 1 is 1.06 bits per heavy atom. The molecular weight excluding hydrogens is 637 g/mol. The van der Waals surface area contributed by atoms with E-state index in [0.717, 1.165) is 27.8 Å². The Bertz CT molecular complexity index is 1470. The third-order valence-corrected chi connectivity index (χ3v) is 8.38. The van der Waals surface area contributed by atoms with Gasteiger partial charge in [0.2, 0.25) is 0 Å². The third kappa shape index (κ3) is 5.88. The molecule has 11 heteroatoms. The van der Waals surface area contributed by atoms with Crippen LogP contribution in [-0.2, 0) is 21.5 Å². The summed E-state index contributed by atoms with van der Waals surface area (Å²) in [6, 6.07) is 16.4. The van der Waals surface area contributed by atoms with E-state index >= 15 is 0 Å². The lowest BCUT2D eigenvalue weighted by molar-refractivity contribution is -0.123. The van der Waals surface area contributed by atoms with Gasteiger partial charge in [0.25, 0.3) is 11.1 Å². The van der Waals surface area contributed by atoms with E-state index in [1.807, 2.05) is 29.5 Å². The van der Waals surface area contributed by atoms with E-state index in [4.69, 9.17) is 20.5 Å². The molecule has 0 unspecified atom stereocenters. The SMILES string of the molecule is COc1cc(/C=C2\SC(=O)N(Cc3ccc(Cl)cc3)C2=O)cc(I)c1OS(=O)(=O)c1ccc(C)cc1. The number of hydrogen-bond acceptors (Lipinski definition) is 7. The van der Waals surface area contributed by atoms with Gasteiger partial charge in [0.1, 0.15) is 4.90 Å². The number of carbonyl (C=O) groups is 2. The number of ether oxygens (including phenoxy) is 1. The molecule has 4 rings (SSSR count). The number of nitrogens with zero attached hydrogens (tertiary/aromatic N) is 1. The Balaban J connectivity index is 1.59. The van der Waals surface area contributed by atoms with Gasteiger partial charge in [-0.1, -0.05) is 41.4 Å². The molecule has 1 heterocycles. The molecule has 3 aromatic carbocycles. The predicted molar refractivity (Wildman–Crippen MR) is 148 cm³/mol. The van der Waals surface area contributed by atoms with Crippen LogP contribution in [-0.4, -0.2) is 31.6 Å². The lowest BCUT2D eigenvalue weighted by Gasteiger charge is -2.14. The first-order valence-corrected chi connectivity index (χ1v) is 14.1. The zero-order valence-corrected chi connectivity index (χ0v) is 23.6. The number of benzene rings is 3. The summed E-state index contributed by atoms with van der Waals surface area (Å²) in [5, 5.41) is 0.183. The van der Waals surface area contributed by atoms with Crippen LogP contribution >= 0.6 is 46.0 Å². The number of amides is 2. The van der Waals surface area contributed by atoms with Gasteiger partial charge < -0.3 is 8.92 Å². The first-order valence-electron chi connectivity index (χ1n) is 10.5. The molecule has 1 aliphatic heterocycles. The normalized spacial score (nSPS) is 15.0. The summed E-state index contributed by atoms with van der Waals surface area (Å²) in [4.78, 5) is 26.8. The fourth-order valence-corrected chi connectivity index (χ4v) is 6.13. The molecule has 3 aromatic rings. The Hall–Kier alpha value is -2.54. The molecular formula is C25H19ClINO6S2. The zero-order chi connectivity index (χ0) is 26.0. The molecule has 0 saturated carbocycles. The van der Waals surface area contributed by atoms with Gasteiger partial charge in [-0.05, 0) is 94.9 Å². The van der Waals surface area contributed by atoms with Crippen molar-refractivity contribution in [3.8, 4) is 11.5 Å². The summed E-state index contributed by atoms with van der Waals surface area (Å²) in [5.41, 5.74) is 2.24. The van der Waals surface area contributed by atoms with Crippen LogP contribution in [0.1, 0.15) is 16.7 Å². The molecule has 36 heavy (non-hydrogen) atoms. The molecule has 1 fully saturated rings. The van der Waals surface area contributed by atoms with Gasteiger partial charge in [-0.3, -0.25) is 14.5 Å².